The van der Waals surface area contributed by atoms with E-state index in [4.69, 9.17) is 5.73 Å². The topological polar surface area (TPSA) is 52.3 Å². The van der Waals surface area contributed by atoms with Crippen LogP contribution in [0.2, 0.25) is 0 Å². The fourth-order valence-corrected chi connectivity index (χ4v) is 1.65. The van der Waals surface area contributed by atoms with Crippen molar-refractivity contribution in [1.82, 2.24) is 0 Å². The first-order valence-corrected chi connectivity index (χ1v) is 4.09. The van der Waals surface area contributed by atoms with Gasteiger partial charge in [0.1, 0.15) is 6.04 Å². The maximum absolute atomic E-state index is 11.0. The van der Waals surface area contributed by atoms with E-state index in [1.165, 1.54) is 20.0 Å². The van der Waals surface area contributed by atoms with Gasteiger partial charge in [-0.15, -0.1) is 0 Å². The summed E-state index contributed by atoms with van der Waals surface area (Å²) >= 11 is 0. The van der Waals surface area contributed by atoms with Crippen LogP contribution in [0.1, 0.15) is 25.7 Å². The first kappa shape index (κ1) is 8.53. The molecule has 64 valence electrons. The van der Waals surface area contributed by atoms with E-state index in [1.54, 1.807) is 0 Å². The monoisotopic (exact) mass is 157 g/mol. The van der Waals surface area contributed by atoms with Gasteiger partial charge in [-0.2, -0.15) is 0 Å². The lowest BCUT2D eigenvalue weighted by Crippen LogP contribution is -2.37. The van der Waals surface area contributed by atoms with Gasteiger partial charge in [-0.1, -0.05) is 12.8 Å². The Morgan fingerprint density at radius 3 is 2.55 bits per heavy atom. The van der Waals surface area contributed by atoms with Crippen molar-refractivity contribution in [3.05, 3.63) is 0 Å². The fraction of sp³-hybridized carbons (Fsp3) is 0.875. The van der Waals surface area contributed by atoms with Crippen LogP contribution in [0.4, 0.5) is 0 Å². The molecule has 1 fully saturated rings. The molecular weight excluding hydrogens is 142 g/mol. The average Bonchev–Trinajstić information content (AvgIpc) is 2.53. The zero-order valence-corrected chi connectivity index (χ0v) is 6.88. The minimum Gasteiger partial charge on any atom is -0.468 e. The first-order valence-electron chi connectivity index (χ1n) is 4.09. The van der Waals surface area contributed by atoms with Crippen LogP contribution in [0.3, 0.4) is 0 Å². The highest BCUT2D eigenvalue weighted by atomic mass is 16.5. The number of nitrogens with two attached hydrogens (primary N) is 1. The number of ether oxygens (including phenoxy) is 1. The molecule has 1 atom stereocenters. The van der Waals surface area contributed by atoms with E-state index >= 15 is 0 Å². The molecule has 0 bridgehead atoms. The van der Waals surface area contributed by atoms with Crippen molar-refractivity contribution in [1.29, 1.82) is 0 Å². The van der Waals surface area contributed by atoms with Gasteiger partial charge in [0.25, 0.3) is 0 Å². The molecule has 0 spiro atoms. The number of rotatable bonds is 2. The maximum Gasteiger partial charge on any atom is 0.322 e. The van der Waals surface area contributed by atoms with Crippen LogP contribution in [-0.2, 0) is 9.53 Å². The molecule has 0 aromatic heterocycles. The molecule has 1 saturated carbocycles. The highest BCUT2D eigenvalue weighted by molar-refractivity contribution is 5.75. The fourth-order valence-electron chi connectivity index (χ4n) is 1.65. The summed E-state index contributed by atoms with van der Waals surface area (Å²) < 4.78 is 4.56. The normalized spacial score (nSPS) is 21.6. The molecule has 0 saturated heterocycles. The summed E-state index contributed by atoms with van der Waals surface area (Å²) in [5.74, 6) is 0.0966. The van der Waals surface area contributed by atoms with Crippen LogP contribution >= 0.6 is 0 Å². The van der Waals surface area contributed by atoms with Crippen molar-refractivity contribution < 1.29 is 9.53 Å². The molecule has 0 amide bonds. The zero-order chi connectivity index (χ0) is 8.27. The number of hydrogen-bond acceptors (Lipinski definition) is 3. The Labute approximate surface area is 66.9 Å². The van der Waals surface area contributed by atoms with E-state index in [9.17, 15) is 4.79 Å². The molecule has 0 aromatic rings. The number of carbonyl (C=O) groups is 1. The Bertz CT molecular complexity index is 141. The summed E-state index contributed by atoms with van der Waals surface area (Å²) in [4.78, 5) is 11.0. The summed E-state index contributed by atoms with van der Waals surface area (Å²) in [5, 5.41) is 0. The van der Waals surface area contributed by atoms with Crippen LogP contribution in [-0.4, -0.2) is 19.1 Å². The van der Waals surface area contributed by atoms with Gasteiger partial charge < -0.3 is 10.5 Å². The Morgan fingerprint density at radius 2 is 2.09 bits per heavy atom. The van der Waals surface area contributed by atoms with Crippen LogP contribution in [0, 0.1) is 5.92 Å². The van der Waals surface area contributed by atoms with Crippen LogP contribution < -0.4 is 5.73 Å². The molecule has 0 aromatic carbocycles. The van der Waals surface area contributed by atoms with E-state index in [2.05, 4.69) is 4.74 Å². The second-order valence-corrected chi connectivity index (χ2v) is 3.09. The van der Waals surface area contributed by atoms with Gasteiger partial charge in [0.05, 0.1) is 7.11 Å². The predicted octanol–water partition coefficient (Wildman–Crippen LogP) is 0.677. The third-order valence-corrected chi connectivity index (χ3v) is 2.38. The molecule has 0 unspecified atom stereocenters. The third kappa shape index (κ3) is 1.93. The summed E-state index contributed by atoms with van der Waals surface area (Å²) in [6.07, 6.45) is 4.57. The highest BCUT2D eigenvalue weighted by Gasteiger charge is 2.27. The van der Waals surface area contributed by atoms with Gasteiger partial charge in [-0.3, -0.25) is 4.79 Å². The first-order chi connectivity index (χ1) is 5.25. The molecule has 1 rings (SSSR count). The lowest BCUT2D eigenvalue weighted by Gasteiger charge is -2.15. The number of methoxy groups -OCH3 is 1. The average molecular weight is 157 g/mol. The van der Waals surface area contributed by atoms with Crippen LogP contribution in [0.5, 0.6) is 0 Å². The van der Waals surface area contributed by atoms with Crippen LogP contribution in [0.15, 0.2) is 0 Å². The van der Waals surface area contributed by atoms with Gasteiger partial charge in [-0.25, -0.2) is 0 Å². The van der Waals surface area contributed by atoms with Crippen molar-refractivity contribution in [3.8, 4) is 0 Å². The molecule has 0 heterocycles. The van der Waals surface area contributed by atoms with Crippen molar-refractivity contribution >= 4 is 5.97 Å². The second kappa shape index (κ2) is 3.72. The second-order valence-electron chi connectivity index (χ2n) is 3.09. The predicted molar refractivity (Wildman–Crippen MR) is 41.9 cm³/mol. The van der Waals surface area contributed by atoms with E-state index in [-0.39, 0.29) is 12.0 Å². The highest BCUT2D eigenvalue weighted by Crippen LogP contribution is 2.27. The van der Waals surface area contributed by atoms with Crippen LogP contribution in [0.25, 0.3) is 0 Å². The minimum atomic E-state index is -0.387. The van der Waals surface area contributed by atoms with Crippen molar-refractivity contribution in [2.75, 3.05) is 7.11 Å². The minimum absolute atomic E-state index is 0.267. The summed E-state index contributed by atoms with van der Waals surface area (Å²) in [6, 6.07) is -0.387. The SMILES string of the molecule is COC(=O)[C@H](N)C1CCCC1. The largest absolute Gasteiger partial charge is 0.468 e. The smallest absolute Gasteiger partial charge is 0.322 e. The van der Waals surface area contributed by atoms with Crippen molar-refractivity contribution in [2.45, 2.75) is 31.7 Å². The Kier molecular flexibility index (Phi) is 2.88. The van der Waals surface area contributed by atoms with Gasteiger partial charge in [0.2, 0.25) is 0 Å². The number of carbonyl (C=O) groups excluding carboxylic acids is 1. The Balaban J connectivity index is 2.39. The summed E-state index contributed by atoms with van der Waals surface area (Å²) in [5.41, 5.74) is 5.66. The quantitative estimate of drug-likeness (QED) is 0.599. The molecule has 1 aliphatic carbocycles. The number of hydrogen-bond donors (Lipinski definition) is 1. The van der Waals surface area contributed by atoms with Gasteiger partial charge in [0, 0.05) is 0 Å². The van der Waals surface area contributed by atoms with Gasteiger partial charge >= 0.3 is 5.97 Å². The van der Waals surface area contributed by atoms with E-state index in [1.807, 2.05) is 0 Å². The molecule has 2 N–H and O–H groups in total. The van der Waals surface area contributed by atoms with E-state index in [0.717, 1.165) is 12.8 Å². The van der Waals surface area contributed by atoms with Crippen molar-refractivity contribution in [3.63, 3.8) is 0 Å². The Hall–Kier alpha value is -0.570. The Morgan fingerprint density at radius 1 is 1.55 bits per heavy atom. The maximum atomic E-state index is 11.0. The lowest BCUT2D eigenvalue weighted by molar-refractivity contribution is -0.143. The standard InChI is InChI=1S/C8H15NO2/c1-11-8(10)7(9)6-4-2-3-5-6/h6-7H,2-5,9H2,1H3/t7-/m1/s1. The molecule has 3 heteroatoms. The van der Waals surface area contributed by atoms with E-state index < -0.39 is 0 Å². The summed E-state index contributed by atoms with van der Waals surface area (Å²) in [7, 11) is 1.39. The molecule has 3 nitrogen and oxygen atoms in total. The molecule has 11 heavy (non-hydrogen) atoms. The molecule has 0 radical (unpaired) electrons. The number of esters is 1. The zero-order valence-electron chi connectivity index (χ0n) is 6.88. The van der Waals surface area contributed by atoms with E-state index in [0.29, 0.717) is 5.92 Å². The summed E-state index contributed by atoms with van der Waals surface area (Å²) in [6.45, 7) is 0. The van der Waals surface area contributed by atoms with Gasteiger partial charge in [0.15, 0.2) is 0 Å². The molecular formula is C8H15NO2. The van der Waals surface area contributed by atoms with Gasteiger partial charge in [-0.05, 0) is 18.8 Å². The molecule has 1 aliphatic rings. The lowest BCUT2D eigenvalue weighted by atomic mass is 9.99. The molecule has 0 aliphatic heterocycles. The third-order valence-electron chi connectivity index (χ3n) is 2.38. The van der Waals surface area contributed by atoms with Crippen molar-refractivity contribution in [2.24, 2.45) is 11.7 Å².